The summed E-state index contributed by atoms with van der Waals surface area (Å²) in [5.74, 6) is -0.410. The second kappa shape index (κ2) is 8.16. The molecule has 0 aliphatic carbocycles. The molecule has 25 heavy (non-hydrogen) atoms. The topological polar surface area (TPSA) is 61.8 Å². The summed E-state index contributed by atoms with van der Waals surface area (Å²) < 4.78 is 43.9. The lowest BCUT2D eigenvalue weighted by atomic mass is 9.91. The van der Waals surface area contributed by atoms with Crippen molar-refractivity contribution < 1.29 is 27.8 Å². The third-order valence-electron chi connectivity index (χ3n) is 4.32. The van der Waals surface area contributed by atoms with Crippen molar-refractivity contribution in [3.05, 3.63) is 35.4 Å². The predicted molar refractivity (Wildman–Crippen MR) is 85.8 cm³/mol. The number of hydrogen-bond acceptors (Lipinski definition) is 4. The summed E-state index contributed by atoms with van der Waals surface area (Å²) >= 11 is 0. The van der Waals surface area contributed by atoms with Gasteiger partial charge in [-0.3, -0.25) is 4.79 Å². The molecule has 1 heterocycles. The first-order valence-corrected chi connectivity index (χ1v) is 8.14. The molecular formula is C17H23F3N2O3. The van der Waals surface area contributed by atoms with Gasteiger partial charge in [-0.05, 0) is 24.5 Å². The van der Waals surface area contributed by atoms with E-state index in [0.717, 1.165) is 6.07 Å². The number of amides is 1. The summed E-state index contributed by atoms with van der Waals surface area (Å²) in [5, 5.41) is 13.4. The standard InChI is InChI=1S/C17H23F3N2O3/c1-25-10-9-22-8-4-7-16(24,15(22)23)12-21-11-13-5-2-3-6-14(13)17(18,19)20/h2-3,5-6,21,24H,4,7-12H2,1H3. The van der Waals surface area contributed by atoms with Gasteiger partial charge in [-0.25, -0.2) is 0 Å². The van der Waals surface area contributed by atoms with E-state index in [-0.39, 0.29) is 25.1 Å². The molecule has 1 aliphatic heterocycles. The fraction of sp³-hybridized carbons (Fsp3) is 0.588. The SMILES string of the molecule is COCCN1CCCC(O)(CNCc2ccccc2C(F)(F)F)C1=O. The zero-order chi connectivity index (χ0) is 18.5. The molecule has 1 fully saturated rings. The van der Waals surface area contributed by atoms with Gasteiger partial charge in [0.25, 0.3) is 5.91 Å². The molecule has 5 nitrogen and oxygen atoms in total. The van der Waals surface area contributed by atoms with Gasteiger partial charge in [-0.1, -0.05) is 18.2 Å². The summed E-state index contributed by atoms with van der Waals surface area (Å²) in [5.41, 5.74) is -2.23. The molecule has 0 aromatic heterocycles. The van der Waals surface area contributed by atoms with Crippen molar-refractivity contribution in [2.45, 2.75) is 31.2 Å². The number of halogens is 3. The summed E-state index contributed by atoms with van der Waals surface area (Å²) in [7, 11) is 1.53. The minimum Gasteiger partial charge on any atom is -0.383 e. The molecule has 2 rings (SSSR count). The highest BCUT2D eigenvalue weighted by Gasteiger charge is 2.41. The maximum absolute atomic E-state index is 13.0. The van der Waals surface area contributed by atoms with Crippen molar-refractivity contribution in [2.75, 3.05) is 33.4 Å². The van der Waals surface area contributed by atoms with Crippen molar-refractivity contribution in [1.29, 1.82) is 0 Å². The molecule has 1 aliphatic rings. The van der Waals surface area contributed by atoms with Crippen LogP contribution in [0.2, 0.25) is 0 Å². The van der Waals surface area contributed by atoms with Crippen molar-refractivity contribution in [3.63, 3.8) is 0 Å². The van der Waals surface area contributed by atoms with Crippen LogP contribution in [0.4, 0.5) is 13.2 Å². The van der Waals surface area contributed by atoms with Gasteiger partial charge in [0.15, 0.2) is 5.60 Å². The van der Waals surface area contributed by atoms with E-state index in [9.17, 15) is 23.1 Å². The second-order valence-electron chi connectivity index (χ2n) is 6.18. The molecule has 0 radical (unpaired) electrons. The van der Waals surface area contributed by atoms with E-state index < -0.39 is 23.2 Å². The van der Waals surface area contributed by atoms with E-state index in [1.807, 2.05) is 0 Å². The van der Waals surface area contributed by atoms with E-state index >= 15 is 0 Å². The molecule has 1 amide bonds. The first kappa shape index (κ1) is 19.7. The second-order valence-corrected chi connectivity index (χ2v) is 6.18. The summed E-state index contributed by atoms with van der Waals surface area (Å²) in [6.07, 6.45) is -3.53. The Hall–Kier alpha value is -1.64. The van der Waals surface area contributed by atoms with Gasteiger partial charge in [-0.2, -0.15) is 13.2 Å². The highest BCUT2D eigenvalue weighted by molar-refractivity contribution is 5.86. The third-order valence-corrected chi connectivity index (χ3v) is 4.32. The molecule has 140 valence electrons. The molecule has 0 spiro atoms. The number of ether oxygens (including phenoxy) is 1. The van der Waals surface area contributed by atoms with Crippen LogP contribution in [0.1, 0.15) is 24.0 Å². The summed E-state index contributed by atoms with van der Waals surface area (Å²) in [4.78, 5) is 13.9. The maximum Gasteiger partial charge on any atom is 0.416 e. The fourth-order valence-corrected chi connectivity index (χ4v) is 3.00. The molecular weight excluding hydrogens is 337 g/mol. The number of rotatable bonds is 7. The largest absolute Gasteiger partial charge is 0.416 e. The number of aliphatic hydroxyl groups is 1. The summed E-state index contributed by atoms with van der Waals surface area (Å²) in [6, 6.07) is 5.26. The van der Waals surface area contributed by atoms with Crippen molar-refractivity contribution in [3.8, 4) is 0 Å². The summed E-state index contributed by atoms with van der Waals surface area (Å²) in [6.45, 7) is 1.12. The monoisotopic (exact) mass is 360 g/mol. The molecule has 1 aromatic carbocycles. The minimum atomic E-state index is -4.44. The fourth-order valence-electron chi connectivity index (χ4n) is 3.00. The quantitative estimate of drug-likeness (QED) is 0.778. The van der Waals surface area contributed by atoms with Crippen LogP contribution in [-0.4, -0.2) is 54.9 Å². The number of nitrogens with one attached hydrogen (secondary N) is 1. The van der Waals surface area contributed by atoms with Crippen LogP contribution in [0.25, 0.3) is 0 Å². The molecule has 0 saturated carbocycles. The van der Waals surface area contributed by atoms with Gasteiger partial charge in [0, 0.05) is 33.3 Å². The molecule has 1 saturated heterocycles. The lowest BCUT2D eigenvalue weighted by molar-refractivity contribution is -0.157. The Kier molecular flexibility index (Phi) is 6.42. The maximum atomic E-state index is 13.0. The van der Waals surface area contributed by atoms with Crippen molar-refractivity contribution in [2.24, 2.45) is 0 Å². The number of alkyl halides is 3. The Bertz CT molecular complexity index is 595. The van der Waals surface area contributed by atoms with Gasteiger partial charge in [0.2, 0.25) is 0 Å². The smallest absolute Gasteiger partial charge is 0.383 e. The van der Waals surface area contributed by atoms with Crippen LogP contribution < -0.4 is 5.32 Å². The van der Waals surface area contributed by atoms with E-state index in [1.54, 1.807) is 0 Å². The van der Waals surface area contributed by atoms with Gasteiger partial charge in [0.1, 0.15) is 0 Å². The van der Waals surface area contributed by atoms with Crippen LogP contribution in [0.5, 0.6) is 0 Å². The Balaban J connectivity index is 1.98. The Morgan fingerprint density at radius 1 is 1.36 bits per heavy atom. The van der Waals surface area contributed by atoms with Crippen molar-refractivity contribution >= 4 is 5.91 Å². The molecule has 0 bridgehead atoms. The zero-order valence-electron chi connectivity index (χ0n) is 14.1. The highest BCUT2D eigenvalue weighted by atomic mass is 19.4. The van der Waals surface area contributed by atoms with E-state index in [1.165, 1.54) is 30.2 Å². The van der Waals surface area contributed by atoms with Crippen LogP contribution in [0.15, 0.2) is 24.3 Å². The lowest BCUT2D eigenvalue weighted by Crippen LogP contribution is -2.58. The minimum absolute atomic E-state index is 0.0800. The van der Waals surface area contributed by atoms with Crippen LogP contribution in [0.3, 0.4) is 0 Å². The van der Waals surface area contributed by atoms with Gasteiger partial charge >= 0.3 is 6.18 Å². The van der Waals surface area contributed by atoms with Crippen molar-refractivity contribution in [1.82, 2.24) is 10.2 Å². The van der Waals surface area contributed by atoms with E-state index in [4.69, 9.17) is 4.74 Å². The number of methoxy groups -OCH3 is 1. The highest BCUT2D eigenvalue weighted by Crippen LogP contribution is 2.32. The van der Waals surface area contributed by atoms with Gasteiger partial charge in [0.05, 0.1) is 12.2 Å². The van der Waals surface area contributed by atoms with E-state index in [0.29, 0.717) is 26.1 Å². The third kappa shape index (κ3) is 4.93. The van der Waals surface area contributed by atoms with Crippen LogP contribution >= 0.6 is 0 Å². The predicted octanol–water partition coefficient (Wildman–Crippen LogP) is 1.79. The number of carbonyl (C=O) groups is 1. The molecule has 2 N–H and O–H groups in total. The average molecular weight is 360 g/mol. The lowest BCUT2D eigenvalue weighted by Gasteiger charge is -2.38. The molecule has 1 unspecified atom stereocenters. The van der Waals surface area contributed by atoms with Gasteiger partial charge in [-0.15, -0.1) is 0 Å². The van der Waals surface area contributed by atoms with Crippen LogP contribution in [-0.2, 0) is 22.3 Å². The molecule has 8 heteroatoms. The zero-order valence-corrected chi connectivity index (χ0v) is 14.1. The number of nitrogens with zero attached hydrogens (tertiary/aromatic N) is 1. The average Bonchev–Trinajstić information content (AvgIpc) is 2.56. The Morgan fingerprint density at radius 3 is 2.76 bits per heavy atom. The number of benzene rings is 1. The first-order valence-electron chi connectivity index (χ1n) is 8.14. The number of piperidine rings is 1. The Morgan fingerprint density at radius 2 is 2.08 bits per heavy atom. The molecule has 1 atom stereocenters. The van der Waals surface area contributed by atoms with Crippen LogP contribution in [0, 0.1) is 0 Å². The van der Waals surface area contributed by atoms with Gasteiger partial charge < -0.3 is 20.1 Å². The molecule has 1 aromatic rings. The normalized spacial score (nSPS) is 21.6. The Labute approximate surface area is 144 Å². The number of carbonyl (C=O) groups excluding carboxylic acids is 1. The number of likely N-dealkylation sites (tertiary alicyclic amines) is 1. The number of hydrogen-bond donors (Lipinski definition) is 2. The first-order chi connectivity index (χ1) is 11.8. The van der Waals surface area contributed by atoms with E-state index in [2.05, 4.69) is 5.32 Å².